The molecule has 0 bridgehead atoms. The first-order valence-electron chi connectivity index (χ1n) is 9.72. The highest BCUT2D eigenvalue weighted by molar-refractivity contribution is 14.0. The standard InChI is InChI=1S/C22H29N3O3S.HI/c1-22(2)15-19(18-7-5-6-8-20(18)28-22)25-21(23-3)24-14-13-16-9-11-17(12-10-16)29(4,26)27;/h5-12,19H,13-15H2,1-4H3,(H2,23,24,25);1H. The molecular weight excluding hydrogens is 513 g/mol. The summed E-state index contributed by atoms with van der Waals surface area (Å²) in [4.78, 5) is 4.69. The van der Waals surface area contributed by atoms with Crippen LogP contribution < -0.4 is 15.4 Å². The second-order valence-electron chi connectivity index (χ2n) is 7.97. The van der Waals surface area contributed by atoms with E-state index in [1.807, 2.05) is 30.3 Å². The molecule has 0 amide bonds. The summed E-state index contributed by atoms with van der Waals surface area (Å²) in [6.07, 6.45) is 2.81. The fraction of sp³-hybridized carbons (Fsp3) is 0.409. The summed E-state index contributed by atoms with van der Waals surface area (Å²) < 4.78 is 29.2. The van der Waals surface area contributed by atoms with Crippen molar-refractivity contribution in [3.63, 3.8) is 0 Å². The van der Waals surface area contributed by atoms with Gasteiger partial charge in [-0.3, -0.25) is 4.99 Å². The van der Waals surface area contributed by atoms with Crippen LogP contribution in [-0.4, -0.2) is 39.8 Å². The average Bonchev–Trinajstić information content (AvgIpc) is 2.66. The van der Waals surface area contributed by atoms with E-state index in [1.165, 1.54) is 6.26 Å². The van der Waals surface area contributed by atoms with Crippen LogP contribution in [0.4, 0.5) is 0 Å². The fourth-order valence-corrected chi connectivity index (χ4v) is 4.15. The van der Waals surface area contributed by atoms with E-state index < -0.39 is 9.84 Å². The lowest BCUT2D eigenvalue weighted by Crippen LogP contribution is -2.45. The van der Waals surface area contributed by atoms with Crippen LogP contribution in [0.5, 0.6) is 5.75 Å². The van der Waals surface area contributed by atoms with Crippen LogP contribution in [0.15, 0.2) is 58.4 Å². The van der Waals surface area contributed by atoms with Crippen molar-refractivity contribution in [3.8, 4) is 5.75 Å². The number of hydrogen-bond donors (Lipinski definition) is 2. The summed E-state index contributed by atoms with van der Waals surface area (Å²) in [6, 6.07) is 15.2. The highest BCUT2D eigenvalue weighted by Gasteiger charge is 2.33. The summed E-state index contributed by atoms with van der Waals surface area (Å²) >= 11 is 0. The first-order chi connectivity index (χ1) is 13.7. The molecule has 1 aliphatic heterocycles. The Morgan fingerprint density at radius 1 is 1.17 bits per heavy atom. The molecule has 0 fully saturated rings. The number of guanidine groups is 1. The van der Waals surface area contributed by atoms with Gasteiger partial charge < -0.3 is 15.4 Å². The van der Waals surface area contributed by atoms with E-state index in [0.717, 1.165) is 35.7 Å². The number of para-hydroxylation sites is 1. The quantitative estimate of drug-likeness (QED) is 0.342. The molecule has 1 heterocycles. The molecule has 1 aliphatic rings. The lowest BCUT2D eigenvalue weighted by molar-refractivity contribution is 0.0694. The summed E-state index contributed by atoms with van der Waals surface area (Å²) in [5, 5.41) is 6.86. The first kappa shape index (κ1) is 24.5. The maximum absolute atomic E-state index is 11.6. The van der Waals surface area contributed by atoms with Gasteiger partial charge in [0.15, 0.2) is 15.8 Å². The van der Waals surface area contributed by atoms with Gasteiger partial charge >= 0.3 is 0 Å². The third-order valence-electron chi connectivity index (χ3n) is 4.97. The van der Waals surface area contributed by atoms with Crippen molar-refractivity contribution in [2.45, 2.75) is 43.2 Å². The average molecular weight is 543 g/mol. The Balaban J connectivity index is 0.00000320. The van der Waals surface area contributed by atoms with E-state index in [9.17, 15) is 8.42 Å². The molecule has 0 saturated heterocycles. The molecule has 0 radical (unpaired) electrons. The fourth-order valence-electron chi connectivity index (χ4n) is 3.52. The molecule has 6 nitrogen and oxygen atoms in total. The predicted molar refractivity (Wildman–Crippen MR) is 132 cm³/mol. The Kier molecular flexibility index (Phi) is 8.15. The molecule has 3 rings (SSSR count). The maximum Gasteiger partial charge on any atom is 0.191 e. The minimum Gasteiger partial charge on any atom is -0.487 e. The molecule has 0 aromatic heterocycles. The predicted octanol–water partition coefficient (Wildman–Crippen LogP) is 3.72. The van der Waals surface area contributed by atoms with Crippen molar-refractivity contribution < 1.29 is 13.2 Å². The maximum atomic E-state index is 11.6. The van der Waals surface area contributed by atoms with Crippen molar-refractivity contribution in [1.82, 2.24) is 10.6 Å². The van der Waals surface area contributed by atoms with E-state index in [0.29, 0.717) is 11.4 Å². The number of rotatable bonds is 5. The normalized spacial score (nSPS) is 17.9. The van der Waals surface area contributed by atoms with Gasteiger partial charge in [-0.25, -0.2) is 8.42 Å². The second kappa shape index (κ2) is 10.00. The number of aliphatic imine (C=N–C) groups is 1. The highest BCUT2D eigenvalue weighted by Crippen LogP contribution is 2.39. The third-order valence-corrected chi connectivity index (χ3v) is 6.10. The van der Waals surface area contributed by atoms with Crippen molar-refractivity contribution in [3.05, 3.63) is 59.7 Å². The van der Waals surface area contributed by atoms with E-state index in [1.54, 1.807) is 19.2 Å². The van der Waals surface area contributed by atoms with Crippen LogP contribution in [0, 0.1) is 0 Å². The third kappa shape index (κ3) is 6.34. The summed E-state index contributed by atoms with van der Waals surface area (Å²) in [5.41, 5.74) is 1.94. The van der Waals surface area contributed by atoms with Gasteiger partial charge in [0.2, 0.25) is 0 Å². The number of ether oxygens (including phenoxy) is 1. The van der Waals surface area contributed by atoms with Crippen LogP contribution in [0.3, 0.4) is 0 Å². The Bertz CT molecular complexity index is 989. The second-order valence-corrected chi connectivity index (χ2v) is 9.98. The number of hydrogen-bond acceptors (Lipinski definition) is 4. The van der Waals surface area contributed by atoms with Crippen LogP contribution in [0.1, 0.15) is 37.4 Å². The molecule has 2 aromatic rings. The number of fused-ring (bicyclic) bond motifs is 1. The van der Waals surface area contributed by atoms with Crippen LogP contribution >= 0.6 is 24.0 Å². The Hall–Kier alpha value is -1.81. The van der Waals surface area contributed by atoms with Crippen LogP contribution in [0.2, 0.25) is 0 Å². The van der Waals surface area contributed by atoms with Gasteiger partial charge in [0.1, 0.15) is 11.4 Å². The molecule has 1 unspecified atom stereocenters. The number of benzene rings is 2. The van der Waals surface area contributed by atoms with Crippen molar-refractivity contribution in [1.29, 1.82) is 0 Å². The first-order valence-corrected chi connectivity index (χ1v) is 11.6. The molecule has 0 aliphatic carbocycles. The van der Waals surface area contributed by atoms with Gasteiger partial charge in [-0.05, 0) is 44.0 Å². The zero-order valence-corrected chi connectivity index (χ0v) is 21.0. The Labute approximate surface area is 196 Å². The minimum absolute atomic E-state index is 0. The molecule has 2 aromatic carbocycles. The molecular formula is C22H30IN3O3S. The van der Waals surface area contributed by atoms with Crippen LogP contribution in [0.25, 0.3) is 0 Å². The molecule has 0 spiro atoms. The largest absolute Gasteiger partial charge is 0.487 e. The van der Waals surface area contributed by atoms with Gasteiger partial charge in [0.05, 0.1) is 10.9 Å². The smallest absolute Gasteiger partial charge is 0.191 e. The number of nitrogens with one attached hydrogen (secondary N) is 2. The zero-order valence-electron chi connectivity index (χ0n) is 17.8. The van der Waals surface area contributed by atoms with Gasteiger partial charge in [-0.15, -0.1) is 24.0 Å². The highest BCUT2D eigenvalue weighted by atomic mass is 127. The molecule has 30 heavy (non-hydrogen) atoms. The Morgan fingerprint density at radius 2 is 1.83 bits per heavy atom. The molecule has 2 N–H and O–H groups in total. The number of nitrogens with zero attached hydrogens (tertiary/aromatic N) is 1. The van der Waals surface area contributed by atoms with E-state index in [-0.39, 0.29) is 35.6 Å². The molecule has 8 heteroatoms. The summed E-state index contributed by atoms with van der Waals surface area (Å²) in [6.45, 7) is 4.87. The number of sulfone groups is 1. The van der Waals surface area contributed by atoms with Crippen molar-refractivity contribution in [2.75, 3.05) is 19.8 Å². The molecule has 0 saturated carbocycles. The van der Waals surface area contributed by atoms with Gasteiger partial charge in [-0.1, -0.05) is 30.3 Å². The molecule has 1 atom stereocenters. The van der Waals surface area contributed by atoms with E-state index >= 15 is 0 Å². The zero-order chi connectivity index (χ0) is 21.1. The monoisotopic (exact) mass is 543 g/mol. The Morgan fingerprint density at radius 3 is 2.47 bits per heavy atom. The van der Waals surface area contributed by atoms with Gasteiger partial charge in [-0.2, -0.15) is 0 Å². The van der Waals surface area contributed by atoms with Crippen LogP contribution in [-0.2, 0) is 16.3 Å². The van der Waals surface area contributed by atoms with Crippen molar-refractivity contribution >= 4 is 39.8 Å². The minimum atomic E-state index is -3.16. The van der Waals surface area contributed by atoms with Crippen molar-refractivity contribution in [2.24, 2.45) is 4.99 Å². The summed E-state index contributed by atoms with van der Waals surface area (Å²) in [5.74, 6) is 1.64. The van der Waals surface area contributed by atoms with Gasteiger partial charge in [0.25, 0.3) is 0 Å². The summed E-state index contributed by atoms with van der Waals surface area (Å²) in [7, 11) is -1.41. The van der Waals surface area contributed by atoms with E-state index in [2.05, 4.69) is 35.5 Å². The topological polar surface area (TPSA) is 79.8 Å². The lowest BCUT2D eigenvalue weighted by atomic mass is 9.90. The SMILES string of the molecule is CN=C(NCCc1ccc(S(C)(=O)=O)cc1)NC1CC(C)(C)Oc2ccccc21.I. The molecule has 164 valence electrons. The van der Waals surface area contributed by atoms with E-state index in [4.69, 9.17) is 4.74 Å². The lowest BCUT2D eigenvalue weighted by Gasteiger charge is -2.38. The number of halogens is 1. The van der Waals surface area contributed by atoms with Gasteiger partial charge in [0, 0.05) is 31.8 Å².